The molecule has 2 aromatic rings. The van der Waals surface area contributed by atoms with Crippen molar-refractivity contribution in [2.75, 3.05) is 18.4 Å². The Hall–Kier alpha value is -2.33. The van der Waals surface area contributed by atoms with Gasteiger partial charge in [-0.15, -0.1) is 0 Å². The molecule has 23 heavy (non-hydrogen) atoms. The fourth-order valence-electron chi connectivity index (χ4n) is 2.22. The van der Waals surface area contributed by atoms with Crippen LogP contribution >= 0.6 is 11.6 Å². The lowest BCUT2D eigenvalue weighted by molar-refractivity contribution is 0.0773. The van der Waals surface area contributed by atoms with Crippen molar-refractivity contribution in [1.29, 1.82) is 0 Å². The zero-order valence-electron chi connectivity index (χ0n) is 13.2. The molecule has 0 aliphatic heterocycles. The number of rotatable bonds is 5. The molecule has 1 N–H and O–H groups in total. The number of hydrogen-bond acceptors (Lipinski definition) is 2. The number of halogens is 1. The van der Waals surface area contributed by atoms with Crippen LogP contribution in [0.2, 0.25) is 5.02 Å². The third kappa shape index (κ3) is 4.33. The van der Waals surface area contributed by atoms with E-state index < -0.39 is 0 Å². The van der Waals surface area contributed by atoms with Gasteiger partial charge in [0.25, 0.3) is 11.8 Å². The number of amides is 2. The van der Waals surface area contributed by atoms with Crippen LogP contribution in [0.5, 0.6) is 0 Å². The van der Waals surface area contributed by atoms with E-state index in [4.69, 9.17) is 11.6 Å². The number of hydrogen-bond donors (Lipinski definition) is 1. The second-order valence-electron chi connectivity index (χ2n) is 5.02. The van der Waals surface area contributed by atoms with Gasteiger partial charge in [-0.2, -0.15) is 0 Å². The molecule has 0 heterocycles. The van der Waals surface area contributed by atoms with Gasteiger partial charge in [0.2, 0.25) is 0 Å². The Morgan fingerprint density at radius 2 is 1.61 bits per heavy atom. The van der Waals surface area contributed by atoms with Crippen LogP contribution in [0.1, 0.15) is 34.6 Å². The summed E-state index contributed by atoms with van der Waals surface area (Å²) in [5, 5.41) is 3.39. The fraction of sp³-hybridized carbons (Fsp3) is 0.222. The van der Waals surface area contributed by atoms with Crippen molar-refractivity contribution in [2.24, 2.45) is 0 Å². The highest BCUT2D eigenvalue weighted by molar-refractivity contribution is 6.30. The first kappa shape index (κ1) is 17.0. The number of anilines is 1. The van der Waals surface area contributed by atoms with Gasteiger partial charge in [0, 0.05) is 34.9 Å². The van der Waals surface area contributed by atoms with Crippen LogP contribution in [0.15, 0.2) is 48.5 Å². The van der Waals surface area contributed by atoms with Crippen molar-refractivity contribution >= 4 is 29.1 Å². The molecule has 0 bridgehead atoms. The molecular weight excluding hydrogens is 312 g/mol. The summed E-state index contributed by atoms with van der Waals surface area (Å²) >= 11 is 5.82. The second-order valence-corrected chi connectivity index (χ2v) is 5.46. The number of nitrogens with zero attached hydrogens (tertiary/aromatic N) is 1. The minimum Gasteiger partial charge on any atom is -0.339 e. The SMILES string of the molecule is CCN(CC)C(=O)c1cccc(C(=O)Nc2ccc(Cl)cc2)c1. The lowest BCUT2D eigenvalue weighted by Gasteiger charge is -2.18. The molecule has 0 saturated heterocycles. The van der Waals surface area contributed by atoms with Crippen LogP contribution in [0.4, 0.5) is 5.69 Å². The quantitative estimate of drug-likeness (QED) is 0.898. The lowest BCUT2D eigenvalue weighted by Crippen LogP contribution is -2.30. The first-order valence-corrected chi connectivity index (χ1v) is 7.89. The Bertz CT molecular complexity index is 694. The minimum absolute atomic E-state index is 0.0730. The fourth-order valence-corrected chi connectivity index (χ4v) is 2.35. The largest absolute Gasteiger partial charge is 0.339 e. The van der Waals surface area contributed by atoms with Crippen LogP contribution in [-0.4, -0.2) is 29.8 Å². The Morgan fingerprint density at radius 3 is 2.22 bits per heavy atom. The zero-order chi connectivity index (χ0) is 16.8. The monoisotopic (exact) mass is 330 g/mol. The van der Waals surface area contributed by atoms with Crippen molar-refractivity contribution in [1.82, 2.24) is 4.90 Å². The second kappa shape index (κ2) is 7.79. The van der Waals surface area contributed by atoms with Crippen LogP contribution in [0, 0.1) is 0 Å². The standard InChI is InChI=1S/C18H19ClN2O2/c1-3-21(4-2)18(23)14-7-5-6-13(12-14)17(22)20-16-10-8-15(19)9-11-16/h5-12H,3-4H2,1-2H3,(H,20,22). The minimum atomic E-state index is -0.262. The van der Waals surface area contributed by atoms with Gasteiger partial charge in [0.05, 0.1) is 0 Å². The predicted octanol–water partition coefficient (Wildman–Crippen LogP) is 4.07. The summed E-state index contributed by atoms with van der Waals surface area (Å²) in [6.07, 6.45) is 0. The van der Waals surface area contributed by atoms with Gasteiger partial charge in [-0.25, -0.2) is 0 Å². The summed E-state index contributed by atoms with van der Waals surface area (Å²) < 4.78 is 0. The van der Waals surface area contributed by atoms with Gasteiger partial charge < -0.3 is 10.2 Å². The van der Waals surface area contributed by atoms with Crippen molar-refractivity contribution in [3.8, 4) is 0 Å². The highest BCUT2D eigenvalue weighted by Gasteiger charge is 2.14. The summed E-state index contributed by atoms with van der Waals surface area (Å²) in [5.41, 5.74) is 1.61. The molecule has 4 nitrogen and oxygen atoms in total. The Kier molecular flexibility index (Phi) is 5.77. The van der Waals surface area contributed by atoms with Crippen LogP contribution in [-0.2, 0) is 0 Å². The molecule has 0 saturated carbocycles. The van der Waals surface area contributed by atoms with E-state index in [9.17, 15) is 9.59 Å². The molecule has 0 unspecified atom stereocenters. The molecule has 120 valence electrons. The summed E-state index contributed by atoms with van der Waals surface area (Å²) in [5.74, 6) is -0.335. The number of carbonyl (C=O) groups excluding carboxylic acids is 2. The Morgan fingerprint density at radius 1 is 1.00 bits per heavy atom. The van der Waals surface area contributed by atoms with Crippen LogP contribution in [0.25, 0.3) is 0 Å². The van der Waals surface area contributed by atoms with Gasteiger partial charge in [-0.1, -0.05) is 17.7 Å². The van der Waals surface area contributed by atoms with E-state index in [1.54, 1.807) is 53.4 Å². The summed E-state index contributed by atoms with van der Waals surface area (Å²) in [6.45, 7) is 5.13. The maximum Gasteiger partial charge on any atom is 0.255 e. The van der Waals surface area contributed by atoms with E-state index in [1.165, 1.54) is 0 Å². The van der Waals surface area contributed by atoms with Gasteiger partial charge in [-0.05, 0) is 56.3 Å². The van der Waals surface area contributed by atoms with Crippen molar-refractivity contribution in [3.63, 3.8) is 0 Å². The zero-order valence-corrected chi connectivity index (χ0v) is 13.9. The topological polar surface area (TPSA) is 49.4 Å². The van der Waals surface area contributed by atoms with Crippen molar-refractivity contribution < 1.29 is 9.59 Å². The van der Waals surface area contributed by atoms with Crippen LogP contribution < -0.4 is 5.32 Å². The summed E-state index contributed by atoms with van der Waals surface area (Å²) in [7, 11) is 0. The normalized spacial score (nSPS) is 10.2. The van der Waals surface area contributed by atoms with Gasteiger partial charge in [0.1, 0.15) is 0 Å². The average Bonchev–Trinajstić information content (AvgIpc) is 2.58. The van der Waals surface area contributed by atoms with Crippen LogP contribution in [0.3, 0.4) is 0 Å². The van der Waals surface area contributed by atoms with E-state index in [1.807, 2.05) is 13.8 Å². The molecule has 0 aliphatic carbocycles. The first-order chi connectivity index (χ1) is 11.0. The van der Waals surface area contributed by atoms with E-state index in [0.717, 1.165) is 0 Å². The molecular formula is C18H19ClN2O2. The van der Waals surface area contributed by atoms with E-state index in [2.05, 4.69) is 5.32 Å². The van der Waals surface area contributed by atoms with Crippen molar-refractivity contribution in [3.05, 3.63) is 64.7 Å². The maximum atomic E-state index is 12.4. The third-order valence-corrected chi connectivity index (χ3v) is 3.78. The van der Waals surface area contributed by atoms with E-state index in [0.29, 0.717) is 34.9 Å². The summed E-state index contributed by atoms with van der Waals surface area (Å²) in [6, 6.07) is 13.6. The molecule has 0 fully saturated rings. The Labute approximate surface area is 141 Å². The number of carbonyl (C=O) groups is 2. The number of nitrogens with one attached hydrogen (secondary N) is 1. The average molecular weight is 331 g/mol. The predicted molar refractivity (Wildman–Crippen MR) is 93.1 cm³/mol. The molecule has 2 rings (SSSR count). The summed E-state index contributed by atoms with van der Waals surface area (Å²) in [4.78, 5) is 26.4. The van der Waals surface area contributed by atoms with E-state index in [-0.39, 0.29) is 11.8 Å². The molecule has 0 aromatic heterocycles. The van der Waals surface area contributed by atoms with Gasteiger partial charge >= 0.3 is 0 Å². The lowest BCUT2D eigenvalue weighted by atomic mass is 10.1. The highest BCUT2D eigenvalue weighted by Crippen LogP contribution is 2.15. The molecule has 0 spiro atoms. The third-order valence-electron chi connectivity index (χ3n) is 3.52. The van der Waals surface area contributed by atoms with Crippen molar-refractivity contribution in [2.45, 2.75) is 13.8 Å². The van der Waals surface area contributed by atoms with Gasteiger partial charge in [-0.3, -0.25) is 9.59 Å². The molecule has 0 radical (unpaired) electrons. The molecule has 2 amide bonds. The first-order valence-electron chi connectivity index (χ1n) is 7.51. The molecule has 5 heteroatoms. The molecule has 0 atom stereocenters. The number of benzene rings is 2. The molecule has 0 aliphatic rings. The van der Waals surface area contributed by atoms with E-state index >= 15 is 0 Å². The smallest absolute Gasteiger partial charge is 0.255 e. The van der Waals surface area contributed by atoms with Gasteiger partial charge in [0.15, 0.2) is 0 Å². The maximum absolute atomic E-state index is 12.4. The molecule has 2 aromatic carbocycles. The Balaban J connectivity index is 2.17. The highest BCUT2D eigenvalue weighted by atomic mass is 35.5.